The zero-order chi connectivity index (χ0) is 22.7. The van der Waals surface area contributed by atoms with Crippen molar-refractivity contribution in [1.29, 1.82) is 0 Å². The molecule has 3 aromatic carbocycles. The van der Waals surface area contributed by atoms with Gasteiger partial charge in [-0.05, 0) is 60.2 Å². The summed E-state index contributed by atoms with van der Waals surface area (Å²) in [4.78, 5) is 28.1. The third kappa shape index (κ3) is 4.41. The first-order chi connectivity index (χ1) is 15.5. The molecule has 1 saturated heterocycles. The van der Waals surface area contributed by atoms with E-state index in [4.69, 9.17) is 21.1 Å². The number of halogens is 1. The van der Waals surface area contributed by atoms with Crippen LogP contribution in [-0.2, 0) is 9.59 Å². The van der Waals surface area contributed by atoms with E-state index in [1.54, 1.807) is 55.5 Å². The molecule has 0 aliphatic carbocycles. The zero-order valence-corrected chi connectivity index (χ0v) is 18.5. The summed E-state index contributed by atoms with van der Waals surface area (Å²) < 4.78 is 10.5. The Kier molecular flexibility index (Phi) is 6.32. The van der Waals surface area contributed by atoms with Gasteiger partial charge >= 0.3 is 0 Å². The van der Waals surface area contributed by atoms with Gasteiger partial charge in [0.05, 0.1) is 26.2 Å². The predicted octanol–water partition coefficient (Wildman–Crippen LogP) is 5.09. The van der Waals surface area contributed by atoms with E-state index in [0.717, 1.165) is 5.56 Å². The maximum Gasteiger partial charge on any atom is 0.230 e. The van der Waals surface area contributed by atoms with E-state index in [2.05, 4.69) is 5.32 Å². The Bertz CT molecular complexity index is 1120. The Labute approximate surface area is 191 Å². The van der Waals surface area contributed by atoms with E-state index in [1.807, 2.05) is 36.4 Å². The molecule has 2 amide bonds. The number of amides is 2. The molecule has 4 rings (SSSR count). The Morgan fingerprint density at radius 1 is 0.969 bits per heavy atom. The van der Waals surface area contributed by atoms with E-state index >= 15 is 0 Å². The molecule has 2 atom stereocenters. The number of rotatable bonds is 6. The molecule has 1 aliphatic heterocycles. The van der Waals surface area contributed by atoms with Crippen LogP contribution >= 0.6 is 11.6 Å². The minimum atomic E-state index is -0.586. The fourth-order valence-corrected chi connectivity index (χ4v) is 4.19. The van der Waals surface area contributed by atoms with Crippen molar-refractivity contribution in [3.8, 4) is 11.5 Å². The van der Waals surface area contributed by atoms with Gasteiger partial charge in [0.2, 0.25) is 11.8 Å². The summed E-state index contributed by atoms with van der Waals surface area (Å²) in [6, 6.07) is 21.2. The quantitative estimate of drug-likeness (QED) is 0.568. The summed E-state index contributed by atoms with van der Waals surface area (Å²) >= 11 is 6.06. The molecule has 2 unspecified atom stereocenters. The standard InChI is InChI=1S/C25H23ClN2O4/c1-31-20-10-6-16(7-11-20)24-22(25(30)27-18-5-3-4-17(26)14-18)15-23(29)28(24)19-8-12-21(32-2)13-9-19/h3-14,22,24H,15H2,1-2H3,(H,27,30). The van der Waals surface area contributed by atoms with E-state index in [9.17, 15) is 9.59 Å². The van der Waals surface area contributed by atoms with Gasteiger partial charge in [0, 0.05) is 22.8 Å². The molecule has 1 aliphatic rings. The van der Waals surface area contributed by atoms with Crippen LogP contribution in [0.5, 0.6) is 11.5 Å². The normalized spacial score (nSPS) is 17.8. The van der Waals surface area contributed by atoms with E-state index in [1.165, 1.54) is 0 Å². The van der Waals surface area contributed by atoms with E-state index in [0.29, 0.717) is 27.9 Å². The SMILES string of the molecule is COc1ccc(C2C(C(=O)Nc3cccc(Cl)c3)CC(=O)N2c2ccc(OC)cc2)cc1. The topological polar surface area (TPSA) is 67.9 Å². The highest BCUT2D eigenvalue weighted by Gasteiger charge is 2.45. The average Bonchev–Trinajstić information content (AvgIpc) is 3.16. The highest BCUT2D eigenvalue weighted by molar-refractivity contribution is 6.30. The summed E-state index contributed by atoms with van der Waals surface area (Å²) in [5.74, 6) is 0.447. The Hall–Kier alpha value is -3.51. The fraction of sp³-hybridized carbons (Fsp3) is 0.200. The summed E-state index contributed by atoms with van der Waals surface area (Å²) in [5, 5.41) is 3.44. The van der Waals surface area contributed by atoms with Gasteiger partial charge in [-0.15, -0.1) is 0 Å². The van der Waals surface area contributed by atoms with Crippen molar-refractivity contribution in [2.45, 2.75) is 12.5 Å². The third-order valence-electron chi connectivity index (χ3n) is 5.56. The first kappa shape index (κ1) is 21.7. The smallest absolute Gasteiger partial charge is 0.230 e. The van der Waals surface area contributed by atoms with Gasteiger partial charge in [0.15, 0.2) is 0 Å². The van der Waals surface area contributed by atoms with Gasteiger partial charge in [-0.1, -0.05) is 29.8 Å². The molecule has 6 nitrogen and oxygen atoms in total. The molecule has 0 spiro atoms. The molecule has 0 saturated carbocycles. The molecule has 0 aromatic heterocycles. The van der Waals surface area contributed by atoms with Gasteiger partial charge in [-0.2, -0.15) is 0 Å². The number of hydrogen-bond acceptors (Lipinski definition) is 4. The molecule has 1 heterocycles. The van der Waals surface area contributed by atoms with Crippen molar-refractivity contribution in [1.82, 2.24) is 0 Å². The average molecular weight is 451 g/mol. The van der Waals surface area contributed by atoms with Crippen LogP contribution in [0, 0.1) is 5.92 Å². The highest BCUT2D eigenvalue weighted by Crippen LogP contribution is 2.42. The third-order valence-corrected chi connectivity index (χ3v) is 5.79. The van der Waals surface area contributed by atoms with Crippen LogP contribution in [0.2, 0.25) is 5.02 Å². The van der Waals surface area contributed by atoms with Gasteiger partial charge < -0.3 is 19.7 Å². The van der Waals surface area contributed by atoms with Crippen LogP contribution < -0.4 is 19.7 Å². The molecule has 1 N–H and O–H groups in total. The molecule has 0 radical (unpaired) electrons. The molecule has 164 valence electrons. The maximum atomic E-state index is 13.3. The van der Waals surface area contributed by atoms with Crippen LogP contribution in [0.1, 0.15) is 18.0 Å². The van der Waals surface area contributed by atoms with Gasteiger partial charge in [-0.3, -0.25) is 9.59 Å². The molecule has 0 bridgehead atoms. The van der Waals surface area contributed by atoms with Crippen LogP contribution in [0.25, 0.3) is 0 Å². The number of ether oxygens (including phenoxy) is 2. The number of carbonyl (C=O) groups is 2. The first-order valence-electron chi connectivity index (χ1n) is 10.2. The van der Waals surface area contributed by atoms with Crippen molar-refractivity contribution in [3.05, 3.63) is 83.4 Å². The number of benzene rings is 3. The van der Waals surface area contributed by atoms with E-state index < -0.39 is 12.0 Å². The summed E-state index contributed by atoms with van der Waals surface area (Å²) in [5.41, 5.74) is 2.14. The number of methoxy groups -OCH3 is 2. The summed E-state index contributed by atoms with van der Waals surface area (Å²) in [6.45, 7) is 0. The van der Waals surface area contributed by atoms with E-state index in [-0.39, 0.29) is 18.2 Å². The molecule has 3 aromatic rings. The number of hydrogen-bond donors (Lipinski definition) is 1. The number of nitrogens with one attached hydrogen (secondary N) is 1. The second kappa shape index (κ2) is 9.32. The first-order valence-corrected chi connectivity index (χ1v) is 10.5. The largest absolute Gasteiger partial charge is 0.497 e. The Morgan fingerprint density at radius 2 is 1.59 bits per heavy atom. The second-order valence-corrected chi connectivity index (χ2v) is 7.93. The lowest BCUT2D eigenvalue weighted by molar-refractivity contribution is -0.122. The molecule has 1 fully saturated rings. The van der Waals surface area contributed by atoms with Crippen molar-refractivity contribution < 1.29 is 19.1 Å². The maximum absolute atomic E-state index is 13.3. The fourth-order valence-electron chi connectivity index (χ4n) is 4.00. The lowest BCUT2D eigenvalue weighted by atomic mass is 9.92. The zero-order valence-electron chi connectivity index (χ0n) is 17.7. The van der Waals surface area contributed by atoms with Gasteiger partial charge in [-0.25, -0.2) is 0 Å². The van der Waals surface area contributed by atoms with Crippen LogP contribution in [-0.4, -0.2) is 26.0 Å². The van der Waals surface area contributed by atoms with Crippen molar-refractivity contribution in [3.63, 3.8) is 0 Å². The van der Waals surface area contributed by atoms with Crippen molar-refractivity contribution >= 4 is 34.8 Å². The summed E-state index contributed by atoms with van der Waals surface area (Å²) in [6.07, 6.45) is 0.0924. The summed E-state index contributed by atoms with van der Waals surface area (Å²) in [7, 11) is 3.19. The molecule has 7 heteroatoms. The van der Waals surface area contributed by atoms with Crippen molar-refractivity contribution in [2.75, 3.05) is 24.4 Å². The van der Waals surface area contributed by atoms with Gasteiger partial charge in [0.1, 0.15) is 11.5 Å². The number of carbonyl (C=O) groups excluding carboxylic acids is 2. The van der Waals surface area contributed by atoms with Crippen LogP contribution in [0.4, 0.5) is 11.4 Å². The molecule has 32 heavy (non-hydrogen) atoms. The minimum Gasteiger partial charge on any atom is -0.497 e. The Balaban J connectivity index is 1.70. The number of anilines is 2. The predicted molar refractivity (Wildman–Crippen MR) is 124 cm³/mol. The van der Waals surface area contributed by atoms with Crippen LogP contribution in [0.15, 0.2) is 72.8 Å². The lowest BCUT2D eigenvalue weighted by Gasteiger charge is -2.28. The minimum absolute atomic E-state index is 0.0924. The monoisotopic (exact) mass is 450 g/mol. The molecular formula is C25H23ClN2O4. The van der Waals surface area contributed by atoms with Crippen LogP contribution in [0.3, 0.4) is 0 Å². The number of nitrogens with zero attached hydrogens (tertiary/aromatic N) is 1. The second-order valence-electron chi connectivity index (χ2n) is 7.49. The lowest BCUT2D eigenvalue weighted by Crippen LogP contribution is -2.32. The Morgan fingerprint density at radius 3 is 2.19 bits per heavy atom. The highest BCUT2D eigenvalue weighted by atomic mass is 35.5. The van der Waals surface area contributed by atoms with Crippen molar-refractivity contribution in [2.24, 2.45) is 5.92 Å². The molecular weight excluding hydrogens is 428 g/mol. The van der Waals surface area contributed by atoms with Gasteiger partial charge in [0.25, 0.3) is 0 Å².